The normalized spacial score (nSPS) is 12.4. The van der Waals surface area contributed by atoms with Crippen molar-refractivity contribution in [3.8, 4) is 5.75 Å². The Balaban J connectivity index is 2.63. The van der Waals surface area contributed by atoms with Crippen LogP contribution in [0.5, 0.6) is 5.75 Å². The Hall–Kier alpha value is -1.09. The summed E-state index contributed by atoms with van der Waals surface area (Å²) in [6.07, 6.45) is 4.34. The first-order valence-corrected chi connectivity index (χ1v) is 6.96. The lowest BCUT2D eigenvalue weighted by Crippen LogP contribution is -2.15. The summed E-state index contributed by atoms with van der Waals surface area (Å²) in [5.74, 6) is 1.59. The van der Waals surface area contributed by atoms with Crippen LogP contribution in [0.25, 0.3) is 0 Å². The Morgan fingerprint density at radius 1 is 1.39 bits per heavy atom. The zero-order valence-corrected chi connectivity index (χ0v) is 12.1. The quantitative estimate of drug-likeness (QED) is 0.768. The van der Waals surface area contributed by atoms with Gasteiger partial charge in [-0.05, 0) is 25.8 Å². The lowest BCUT2D eigenvalue weighted by Gasteiger charge is -2.15. The first kappa shape index (κ1) is 15.0. The zero-order valence-electron chi connectivity index (χ0n) is 12.1. The number of pyridine rings is 1. The van der Waals surface area contributed by atoms with Crippen LogP contribution in [-0.4, -0.2) is 18.1 Å². The zero-order chi connectivity index (χ0) is 13.4. The molecule has 0 saturated carbocycles. The highest BCUT2D eigenvalue weighted by molar-refractivity contribution is 5.32. The first-order chi connectivity index (χ1) is 8.67. The number of aryl methyl sites for hydroxylation is 1. The molecule has 0 spiro atoms. The Morgan fingerprint density at radius 3 is 2.83 bits per heavy atom. The maximum atomic E-state index is 5.95. The topological polar surface area (TPSA) is 34.1 Å². The molecule has 1 N–H and O–H groups in total. The maximum absolute atomic E-state index is 5.95. The minimum Gasteiger partial charge on any atom is -0.493 e. The largest absolute Gasteiger partial charge is 0.493 e. The number of hydrogen-bond acceptors (Lipinski definition) is 3. The van der Waals surface area contributed by atoms with Crippen LogP contribution >= 0.6 is 0 Å². The fourth-order valence-corrected chi connectivity index (χ4v) is 1.90. The monoisotopic (exact) mass is 250 g/mol. The Labute approximate surface area is 111 Å². The van der Waals surface area contributed by atoms with Crippen molar-refractivity contribution in [2.24, 2.45) is 5.92 Å². The van der Waals surface area contributed by atoms with E-state index in [1.807, 2.05) is 19.2 Å². The van der Waals surface area contributed by atoms with Crippen molar-refractivity contribution >= 4 is 0 Å². The number of aromatic nitrogens is 1. The van der Waals surface area contributed by atoms with Gasteiger partial charge in [0.15, 0.2) is 0 Å². The average Bonchev–Trinajstić information content (AvgIpc) is 2.35. The SMILES string of the molecule is CCCC(C)COc1cc(C)ncc1CNCC. The molecule has 0 aliphatic heterocycles. The molecule has 1 unspecified atom stereocenters. The van der Waals surface area contributed by atoms with Crippen molar-refractivity contribution in [3.63, 3.8) is 0 Å². The predicted octanol–water partition coefficient (Wildman–Crippen LogP) is 3.31. The number of rotatable bonds is 8. The summed E-state index contributed by atoms with van der Waals surface area (Å²) in [4.78, 5) is 4.34. The van der Waals surface area contributed by atoms with Gasteiger partial charge in [0.05, 0.1) is 6.61 Å². The smallest absolute Gasteiger partial charge is 0.127 e. The molecular formula is C15H26N2O. The molecule has 1 heterocycles. The van der Waals surface area contributed by atoms with Crippen LogP contribution in [0.15, 0.2) is 12.3 Å². The molecule has 3 heteroatoms. The molecule has 0 radical (unpaired) electrons. The van der Waals surface area contributed by atoms with Gasteiger partial charge < -0.3 is 10.1 Å². The summed E-state index contributed by atoms with van der Waals surface area (Å²) in [7, 11) is 0. The number of ether oxygens (including phenoxy) is 1. The third kappa shape index (κ3) is 5.05. The van der Waals surface area contributed by atoms with Gasteiger partial charge in [-0.25, -0.2) is 0 Å². The van der Waals surface area contributed by atoms with Crippen LogP contribution in [0.1, 0.15) is 44.9 Å². The van der Waals surface area contributed by atoms with E-state index in [4.69, 9.17) is 4.74 Å². The lowest BCUT2D eigenvalue weighted by atomic mass is 10.1. The third-order valence-corrected chi connectivity index (χ3v) is 2.95. The van der Waals surface area contributed by atoms with E-state index in [1.54, 1.807) is 0 Å². The van der Waals surface area contributed by atoms with Crippen LogP contribution in [0.2, 0.25) is 0 Å². The van der Waals surface area contributed by atoms with Gasteiger partial charge in [0.2, 0.25) is 0 Å². The molecule has 18 heavy (non-hydrogen) atoms. The Bertz CT molecular complexity index is 352. The van der Waals surface area contributed by atoms with Crippen molar-refractivity contribution in [2.45, 2.75) is 47.1 Å². The van der Waals surface area contributed by atoms with E-state index in [0.29, 0.717) is 5.92 Å². The van der Waals surface area contributed by atoms with Gasteiger partial charge in [0.25, 0.3) is 0 Å². The molecule has 0 aliphatic carbocycles. The number of nitrogens with zero attached hydrogens (tertiary/aromatic N) is 1. The third-order valence-electron chi connectivity index (χ3n) is 2.95. The van der Waals surface area contributed by atoms with E-state index >= 15 is 0 Å². The highest BCUT2D eigenvalue weighted by Crippen LogP contribution is 2.20. The van der Waals surface area contributed by atoms with Crippen molar-refractivity contribution in [3.05, 3.63) is 23.5 Å². The van der Waals surface area contributed by atoms with Gasteiger partial charge in [-0.2, -0.15) is 0 Å². The second-order valence-electron chi connectivity index (χ2n) is 4.92. The lowest BCUT2D eigenvalue weighted by molar-refractivity contribution is 0.248. The molecule has 102 valence electrons. The van der Waals surface area contributed by atoms with Crippen molar-refractivity contribution in [1.82, 2.24) is 10.3 Å². The van der Waals surface area contributed by atoms with Crippen LogP contribution in [0.4, 0.5) is 0 Å². The fourth-order valence-electron chi connectivity index (χ4n) is 1.90. The highest BCUT2D eigenvalue weighted by Gasteiger charge is 2.07. The standard InChI is InChI=1S/C15H26N2O/c1-5-7-12(3)11-18-15-8-13(4)17-10-14(15)9-16-6-2/h8,10,12,16H,5-7,9,11H2,1-4H3. The van der Waals surface area contributed by atoms with Gasteiger partial charge in [0, 0.05) is 30.1 Å². The van der Waals surface area contributed by atoms with Crippen LogP contribution in [0.3, 0.4) is 0 Å². The molecule has 1 aromatic rings. The molecule has 0 aliphatic rings. The van der Waals surface area contributed by atoms with Crippen LogP contribution < -0.4 is 10.1 Å². The minimum atomic E-state index is 0.607. The summed E-state index contributed by atoms with van der Waals surface area (Å²) in [5, 5.41) is 3.32. The second kappa shape index (κ2) is 8.09. The van der Waals surface area contributed by atoms with E-state index in [9.17, 15) is 0 Å². The van der Waals surface area contributed by atoms with Crippen molar-refractivity contribution in [2.75, 3.05) is 13.2 Å². The van der Waals surface area contributed by atoms with Gasteiger partial charge >= 0.3 is 0 Å². The van der Waals surface area contributed by atoms with E-state index in [1.165, 1.54) is 12.8 Å². The van der Waals surface area contributed by atoms with E-state index in [2.05, 4.69) is 31.1 Å². The molecule has 3 nitrogen and oxygen atoms in total. The molecular weight excluding hydrogens is 224 g/mol. The molecule has 1 atom stereocenters. The molecule has 1 aromatic heterocycles. The Morgan fingerprint density at radius 2 is 2.17 bits per heavy atom. The van der Waals surface area contributed by atoms with E-state index in [0.717, 1.165) is 36.7 Å². The Kier molecular flexibility index (Phi) is 6.73. The molecule has 0 bridgehead atoms. The summed E-state index contributed by atoms with van der Waals surface area (Å²) < 4.78 is 5.95. The summed E-state index contributed by atoms with van der Waals surface area (Å²) >= 11 is 0. The van der Waals surface area contributed by atoms with Gasteiger partial charge in [-0.3, -0.25) is 4.98 Å². The molecule has 1 rings (SSSR count). The highest BCUT2D eigenvalue weighted by atomic mass is 16.5. The van der Waals surface area contributed by atoms with Crippen molar-refractivity contribution < 1.29 is 4.74 Å². The van der Waals surface area contributed by atoms with Crippen molar-refractivity contribution in [1.29, 1.82) is 0 Å². The first-order valence-electron chi connectivity index (χ1n) is 6.96. The molecule has 0 amide bonds. The van der Waals surface area contributed by atoms with Crippen LogP contribution in [0, 0.1) is 12.8 Å². The van der Waals surface area contributed by atoms with Crippen LogP contribution in [-0.2, 0) is 6.54 Å². The summed E-state index contributed by atoms with van der Waals surface area (Å²) in [6, 6.07) is 2.03. The predicted molar refractivity (Wildman–Crippen MR) is 75.9 cm³/mol. The second-order valence-corrected chi connectivity index (χ2v) is 4.92. The molecule has 0 saturated heterocycles. The van der Waals surface area contributed by atoms with Gasteiger partial charge in [-0.15, -0.1) is 0 Å². The number of hydrogen-bond donors (Lipinski definition) is 1. The van der Waals surface area contributed by atoms with Gasteiger partial charge in [-0.1, -0.05) is 27.2 Å². The average molecular weight is 250 g/mol. The fraction of sp³-hybridized carbons (Fsp3) is 0.667. The minimum absolute atomic E-state index is 0.607. The maximum Gasteiger partial charge on any atom is 0.127 e. The molecule has 0 fully saturated rings. The summed E-state index contributed by atoms with van der Waals surface area (Å²) in [6.45, 7) is 11.1. The van der Waals surface area contributed by atoms with E-state index in [-0.39, 0.29) is 0 Å². The molecule has 0 aromatic carbocycles. The van der Waals surface area contributed by atoms with E-state index < -0.39 is 0 Å². The number of nitrogens with one attached hydrogen (secondary N) is 1. The van der Waals surface area contributed by atoms with Gasteiger partial charge in [0.1, 0.15) is 5.75 Å². The summed E-state index contributed by atoms with van der Waals surface area (Å²) in [5.41, 5.74) is 2.15.